The van der Waals surface area contributed by atoms with Crippen molar-refractivity contribution in [3.63, 3.8) is 0 Å². The normalized spacial score (nSPS) is 15.3. The molecule has 0 aromatic heterocycles. The van der Waals surface area contributed by atoms with Gasteiger partial charge >= 0.3 is 0 Å². The highest BCUT2D eigenvalue weighted by Gasteiger charge is 2.30. The first kappa shape index (κ1) is 20.0. The van der Waals surface area contributed by atoms with Gasteiger partial charge in [-0.1, -0.05) is 48.5 Å². The molecule has 0 fully saturated rings. The smallest absolute Gasteiger partial charge is 0.247 e. The van der Waals surface area contributed by atoms with E-state index in [0.717, 1.165) is 16.8 Å². The summed E-state index contributed by atoms with van der Waals surface area (Å²) in [5.41, 5.74) is 4.73. The largest absolute Gasteiger partial charge is 0.490 e. The highest BCUT2D eigenvalue weighted by atomic mass is 16.5. The summed E-state index contributed by atoms with van der Waals surface area (Å²) < 4.78 is 5.72. The van der Waals surface area contributed by atoms with Gasteiger partial charge in [0.15, 0.2) is 0 Å². The van der Waals surface area contributed by atoms with E-state index in [-0.39, 0.29) is 24.8 Å². The van der Waals surface area contributed by atoms with Gasteiger partial charge in [0.1, 0.15) is 18.9 Å². The van der Waals surface area contributed by atoms with Gasteiger partial charge in [-0.25, -0.2) is 0 Å². The lowest BCUT2D eigenvalue weighted by Gasteiger charge is -2.32. The van der Waals surface area contributed by atoms with E-state index in [1.165, 1.54) is 0 Å². The van der Waals surface area contributed by atoms with Crippen molar-refractivity contribution in [3.8, 4) is 5.75 Å². The molecule has 32 heavy (non-hydrogen) atoms. The number of carbonyl (C=O) groups excluding carboxylic acids is 2. The zero-order valence-corrected chi connectivity index (χ0v) is 17.8. The molecule has 2 amide bonds. The van der Waals surface area contributed by atoms with Gasteiger partial charge in [-0.15, -0.1) is 0 Å². The number of aryl methyl sites for hydroxylation is 1. The number of carbonyl (C=O) groups is 2. The Morgan fingerprint density at radius 3 is 2.62 bits per heavy atom. The first-order chi connectivity index (χ1) is 15.6. The maximum absolute atomic E-state index is 13.4. The number of amides is 2. The number of ether oxygens (including phenoxy) is 1. The Kier molecular flexibility index (Phi) is 5.19. The molecule has 6 nitrogen and oxygen atoms in total. The minimum Gasteiger partial charge on any atom is -0.490 e. The molecule has 0 radical (unpaired) electrons. The van der Waals surface area contributed by atoms with Gasteiger partial charge in [-0.3, -0.25) is 14.6 Å². The Labute approximate surface area is 186 Å². The molecule has 0 atom stereocenters. The predicted molar refractivity (Wildman–Crippen MR) is 125 cm³/mol. The van der Waals surface area contributed by atoms with E-state index in [1.54, 1.807) is 9.80 Å². The summed E-state index contributed by atoms with van der Waals surface area (Å²) in [5.74, 6) is 0.391. The lowest BCUT2D eigenvalue weighted by molar-refractivity contribution is -0.122. The average Bonchev–Trinajstić information content (AvgIpc) is 2.95. The van der Waals surface area contributed by atoms with Crippen LogP contribution in [0.2, 0.25) is 0 Å². The van der Waals surface area contributed by atoms with Gasteiger partial charge in [-0.05, 0) is 42.3 Å². The molecule has 0 saturated carbocycles. The van der Waals surface area contributed by atoms with Crippen LogP contribution in [0.25, 0.3) is 0 Å². The van der Waals surface area contributed by atoms with Gasteiger partial charge < -0.3 is 14.5 Å². The van der Waals surface area contributed by atoms with E-state index >= 15 is 0 Å². The van der Waals surface area contributed by atoms with Crippen LogP contribution in [0.5, 0.6) is 5.75 Å². The van der Waals surface area contributed by atoms with Crippen molar-refractivity contribution >= 4 is 34.6 Å². The molecule has 2 heterocycles. The van der Waals surface area contributed by atoms with Gasteiger partial charge in [0.25, 0.3) is 0 Å². The molecule has 5 rings (SSSR count). The number of hydrogen-bond acceptors (Lipinski definition) is 4. The Morgan fingerprint density at radius 1 is 1.00 bits per heavy atom. The molecule has 0 unspecified atom stereocenters. The highest BCUT2D eigenvalue weighted by Crippen LogP contribution is 2.35. The van der Waals surface area contributed by atoms with Crippen LogP contribution >= 0.6 is 0 Å². The van der Waals surface area contributed by atoms with Crippen LogP contribution in [0.15, 0.2) is 77.8 Å². The van der Waals surface area contributed by atoms with Crippen molar-refractivity contribution in [2.45, 2.75) is 13.3 Å². The van der Waals surface area contributed by atoms with Crippen molar-refractivity contribution in [3.05, 3.63) is 83.9 Å². The molecule has 160 valence electrons. The quantitative estimate of drug-likeness (QED) is 0.629. The summed E-state index contributed by atoms with van der Waals surface area (Å²) in [6, 6.07) is 22.9. The molecule has 6 heteroatoms. The van der Waals surface area contributed by atoms with E-state index in [9.17, 15) is 9.59 Å². The SMILES string of the molecule is Cc1ccc2c(c1)N(C(=O)CN1C(=O)CC(c3ccccc3)=Nc3ccccc31)CCO2. The van der Waals surface area contributed by atoms with Gasteiger partial charge in [0.2, 0.25) is 11.8 Å². The third kappa shape index (κ3) is 3.75. The summed E-state index contributed by atoms with van der Waals surface area (Å²) in [6.45, 7) is 2.80. The van der Waals surface area contributed by atoms with E-state index in [2.05, 4.69) is 0 Å². The molecule has 0 saturated heterocycles. The topological polar surface area (TPSA) is 62.2 Å². The standard InChI is InChI=1S/C26H23N3O3/c1-18-11-12-24-23(15-18)28(13-14-32-24)26(31)17-29-22-10-6-5-9-20(22)27-21(16-25(29)30)19-7-3-2-4-8-19/h2-12,15H,13-14,16-17H2,1H3. The Hall–Kier alpha value is -3.93. The third-order valence-electron chi connectivity index (χ3n) is 5.73. The fraction of sp³-hybridized carbons (Fsp3) is 0.192. The monoisotopic (exact) mass is 425 g/mol. The zero-order valence-electron chi connectivity index (χ0n) is 17.8. The number of benzene rings is 3. The van der Waals surface area contributed by atoms with Gasteiger partial charge in [0.05, 0.1) is 35.7 Å². The Bertz CT molecular complexity index is 1220. The number of hydrogen-bond donors (Lipinski definition) is 0. The number of anilines is 2. The molecule has 0 bridgehead atoms. The number of aliphatic imine (C=N–C) groups is 1. The van der Waals surface area contributed by atoms with Gasteiger partial charge in [-0.2, -0.15) is 0 Å². The Balaban J connectivity index is 1.46. The summed E-state index contributed by atoms with van der Waals surface area (Å²) in [4.78, 5) is 34.8. The van der Waals surface area contributed by atoms with Crippen LogP contribution in [0.4, 0.5) is 17.1 Å². The van der Waals surface area contributed by atoms with Crippen LogP contribution in [-0.4, -0.2) is 37.2 Å². The van der Waals surface area contributed by atoms with Crippen molar-refractivity contribution in [2.75, 3.05) is 29.5 Å². The minimum atomic E-state index is -0.149. The maximum Gasteiger partial charge on any atom is 0.247 e. The second-order valence-corrected chi connectivity index (χ2v) is 7.93. The van der Waals surface area contributed by atoms with E-state index in [0.29, 0.717) is 36.0 Å². The molecular formula is C26H23N3O3. The fourth-order valence-electron chi connectivity index (χ4n) is 4.12. The molecule has 3 aromatic rings. The lowest BCUT2D eigenvalue weighted by Crippen LogP contribution is -2.46. The highest BCUT2D eigenvalue weighted by molar-refractivity contribution is 6.19. The van der Waals surface area contributed by atoms with E-state index in [1.807, 2.05) is 79.7 Å². The van der Waals surface area contributed by atoms with Crippen LogP contribution in [0, 0.1) is 6.92 Å². The predicted octanol–water partition coefficient (Wildman–Crippen LogP) is 4.28. The number of rotatable bonds is 3. The summed E-state index contributed by atoms with van der Waals surface area (Å²) in [5, 5.41) is 0. The summed E-state index contributed by atoms with van der Waals surface area (Å²) >= 11 is 0. The zero-order chi connectivity index (χ0) is 22.1. The average molecular weight is 425 g/mol. The molecule has 2 aliphatic heterocycles. The molecule has 0 spiro atoms. The molecular weight excluding hydrogens is 402 g/mol. The first-order valence-corrected chi connectivity index (χ1v) is 10.7. The van der Waals surface area contributed by atoms with E-state index in [4.69, 9.17) is 9.73 Å². The first-order valence-electron chi connectivity index (χ1n) is 10.7. The third-order valence-corrected chi connectivity index (χ3v) is 5.73. The lowest BCUT2D eigenvalue weighted by atomic mass is 10.1. The summed E-state index contributed by atoms with van der Waals surface area (Å²) in [7, 11) is 0. The van der Waals surface area contributed by atoms with Crippen LogP contribution in [0.3, 0.4) is 0 Å². The minimum absolute atomic E-state index is 0.0547. The van der Waals surface area contributed by atoms with Crippen molar-refractivity contribution in [2.24, 2.45) is 4.99 Å². The number of nitrogens with zero attached hydrogens (tertiary/aromatic N) is 3. The van der Waals surface area contributed by atoms with Crippen LogP contribution < -0.4 is 14.5 Å². The molecule has 2 aliphatic rings. The fourth-order valence-corrected chi connectivity index (χ4v) is 4.12. The number of fused-ring (bicyclic) bond motifs is 2. The van der Waals surface area contributed by atoms with E-state index < -0.39 is 0 Å². The van der Waals surface area contributed by atoms with Gasteiger partial charge in [0, 0.05) is 0 Å². The molecule has 0 N–H and O–H groups in total. The van der Waals surface area contributed by atoms with Crippen LogP contribution in [-0.2, 0) is 9.59 Å². The molecule has 3 aromatic carbocycles. The van der Waals surface area contributed by atoms with Crippen molar-refractivity contribution < 1.29 is 14.3 Å². The van der Waals surface area contributed by atoms with Crippen LogP contribution in [0.1, 0.15) is 17.5 Å². The molecule has 0 aliphatic carbocycles. The van der Waals surface area contributed by atoms with Crippen molar-refractivity contribution in [1.82, 2.24) is 0 Å². The maximum atomic E-state index is 13.4. The Morgan fingerprint density at radius 2 is 1.78 bits per heavy atom. The summed E-state index contributed by atoms with van der Waals surface area (Å²) in [6.07, 6.45) is 0.130. The second kappa shape index (κ2) is 8.30. The number of para-hydroxylation sites is 2. The van der Waals surface area contributed by atoms with Crippen molar-refractivity contribution in [1.29, 1.82) is 0 Å². The second-order valence-electron chi connectivity index (χ2n) is 7.93.